The number of carbonyl (C=O) groups is 1. The molecule has 168 valence electrons. The molecule has 1 saturated heterocycles. The van der Waals surface area contributed by atoms with Crippen LogP contribution in [0.2, 0.25) is 0 Å². The van der Waals surface area contributed by atoms with Crippen molar-refractivity contribution in [2.45, 2.75) is 30.4 Å². The first-order chi connectivity index (χ1) is 14.5. The van der Waals surface area contributed by atoms with Crippen LogP contribution in [0.15, 0.2) is 53.4 Å². The van der Waals surface area contributed by atoms with Gasteiger partial charge in [0.1, 0.15) is 11.6 Å². The number of benzene rings is 2. The number of ether oxygens (including phenoxy) is 1. The van der Waals surface area contributed by atoms with E-state index in [1.54, 1.807) is 0 Å². The zero-order chi connectivity index (χ0) is 22.8. The van der Waals surface area contributed by atoms with Crippen LogP contribution in [0.25, 0.3) is 0 Å². The van der Waals surface area contributed by atoms with E-state index in [9.17, 15) is 26.0 Å². The minimum Gasteiger partial charge on any atom is -0.481 e. The molecule has 0 unspecified atom stereocenters. The lowest BCUT2D eigenvalue weighted by Gasteiger charge is -2.21. The molecule has 0 aromatic heterocycles. The number of halogens is 1. The number of carbonyl (C=O) groups excluding carboxylic acids is 1. The molecule has 2 aromatic rings. The summed E-state index contributed by atoms with van der Waals surface area (Å²) in [5, 5.41) is 2.67. The molecule has 1 N–H and O–H groups in total. The normalized spacial score (nSPS) is 18.9. The van der Waals surface area contributed by atoms with E-state index in [0.717, 1.165) is 16.4 Å². The van der Waals surface area contributed by atoms with Crippen molar-refractivity contribution in [3.05, 3.63) is 54.3 Å². The zero-order valence-electron chi connectivity index (χ0n) is 17.0. The Kier molecular flexibility index (Phi) is 6.56. The summed E-state index contributed by atoms with van der Waals surface area (Å²) in [5.74, 6) is -0.631. The molecule has 0 spiro atoms. The standard InChI is InChI=1S/C20H23FN2O6S2/c1-14(20(24)22-16-11-12-30(25,26)13-16)29-18-7-5-17(6-8-18)23(2)31(27,28)19-9-3-15(21)4-10-19/h3-10,14,16H,11-13H2,1-2H3,(H,22,24)/t14-,16-/m0/s1. The Morgan fingerprint density at radius 1 is 1.16 bits per heavy atom. The van der Waals surface area contributed by atoms with Crippen LogP contribution in [-0.4, -0.2) is 53.4 Å². The number of nitrogens with zero attached hydrogens (tertiary/aromatic N) is 1. The number of hydrogen-bond donors (Lipinski definition) is 1. The highest BCUT2D eigenvalue weighted by molar-refractivity contribution is 7.92. The third kappa shape index (κ3) is 5.53. The van der Waals surface area contributed by atoms with Gasteiger partial charge in [-0.05, 0) is 61.9 Å². The van der Waals surface area contributed by atoms with E-state index < -0.39 is 43.7 Å². The van der Waals surface area contributed by atoms with E-state index in [2.05, 4.69) is 5.32 Å². The maximum absolute atomic E-state index is 13.1. The number of sulfone groups is 1. The second-order valence-electron chi connectivity index (χ2n) is 7.29. The Morgan fingerprint density at radius 2 is 1.77 bits per heavy atom. The quantitative estimate of drug-likeness (QED) is 0.660. The van der Waals surface area contributed by atoms with Crippen LogP contribution in [0.3, 0.4) is 0 Å². The average molecular weight is 471 g/mol. The summed E-state index contributed by atoms with van der Waals surface area (Å²) in [6, 6.07) is 10.2. The average Bonchev–Trinajstić information content (AvgIpc) is 3.06. The molecule has 31 heavy (non-hydrogen) atoms. The Balaban J connectivity index is 1.63. The highest BCUT2D eigenvalue weighted by atomic mass is 32.2. The van der Waals surface area contributed by atoms with Crippen LogP contribution in [0.1, 0.15) is 13.3 Å². The fourth-order valence-corrected chi connectivity index (χ4v) is 5.99. The Labute approximate surface area is 181 Å². The third-order valence-electron chi connectivity index (χ3n) is 4.93. The van der Waals surface area contributed by atoms with Gasteiger partial charge in [0.05, 0.1) is 22.1 Å². The van der Waals surface area contributed by atoms with Crippen LogP contribution in [-0.2, 0) is 24.7 Å². The Bertz CT molecular complexity index is 1150. The lowest BCUT2D eigenvalue weighted by Crippen LogP contribution is -2.43. The summed E-state index contributed by atoms with van der Waals surface area (Å²) in [4.78, 5) is 12.2. The summed E-state index contributed by atoms with van der Waals surface area (Å²) in [6.45, 7) is 1.54. The highest BCUT2D eigenvalue weighted by Crippen LogP contribution is 2.25. The molecule has 1 fully saturated rings. The first kappa shape index (κ1) is 23.0. The van der Waals surface area contributed by atoms with E-state index in [4.69, 9.17) is 4.74 Å². The van der Waals surface area contributed by atoms with E-state index in [1.807, 2.05) is 0 Å². The predicted octanol–water partition coefficient (Wildman–Crippen LogP) is 1.72. The fourth-order valence-electron chi connectivity index (χ4n) is 3.12. The summed E-state index contributed by atoms with van der Waals surface area (Å²) in [7, 11) is -5.59. The summed E-state index contributed by atoms with van der Waals surface area (Å²) >= 11 is 0. The number of sulfonamides is 1. The molecule has 1 aliphatic heterocycles. The fraction of sp³-hybridized carbons (Fsp3) is 0.350. The van der Waals surface area contributed by atoms with E-state index >= 15 is 0 Å². The Hall–Kier alpha value is -2.66. The van der Waals surface area contributed by atoms with Crippen molar-refractivity contribution in [3.8, 4) is 5.75 Å². The molecule has 1 amide bonds. The van der Waals surface area contributed by atoms with Gasteiger partial charge >= 0.3 is 0 Å². The lowest BCUT2D eigenvalue weighted by molar-refractivity contribution is -0.127. The molecular formula is C20H23FN2O6S2. The molecule has 8 nitrogen and oxygen atoms in total. The van der Waals surface area contributed by atoms with Gasteiger partial charge < -0.3 is 10.1 Å². The molecule has 2 aromatic carbocycles. The highest BCUT2D eigenvalue weighted by Gasteiger charge is 2.30. The van der Waals surface area contributed by atoms with E-state index in [-0.39, 0.29) is 16.4 Å². The molecule has 3 rings (SSSR count). The predicted molar refractivity (Wildman–Crippen MR) is 114 cm³/mol. The summed E-state index contributed by atoms with van der Waals surface area (Å²) in [5.41, 5.74) is 0.352. The minimum absolute atomic E-state index is 0.0454. The molecule has 0 saturated carbocycles. The second kappa shape index (κ2) is 8.83. The van der Waals surface area contributed by atoms with Crippen molar-refractivity contribution < 1.29 is 30.8 Å². The van der Waals surface area contributed by atoms with Gasteiger partial charge in [-0.15, -0.1) is 0 Å². The largest absolute Gasteiger partial charge is 0.481 e. The third-order valence-corrected chi connectivity index (χ3v) is 8.50. The molecule has 0 aliphatic carbocycles. The van der Waals surface area contributed by atoms with Gasteiger partial charge in [-0.2, -0.15) is 0 Å². The van der Waals surface area contributed by atoms with Crippen LogP contribution in [0.5, 0.6) is 5.75 Å². The summed E-state index contributed by atoms with van der Waals surface area (Å²) in [6.07, 6.45) is -0.487. The van der Waals surface area contributed by atoms with Gasteiger partial charge in [-0.3, -0.25) is 9.10 Å². The molecule has 0 radical (unpaired) electrons. The van der Waals surface area contributed by atoms with Crippen molar-refractivity contribution in [3.63, 3.8) is 0 Å². The van der Waals surface area contributed by atoms with Gasteiger partial charge in [0.25, 0.3) is 15.9 Å². The first-order valence-electron chi connectivity index (χ1n) is 9.50. The maximum atomic E-state index is 13.1. The molecule has 1 aliphatic rings. The van der Waals surface area contributed by atoms with Gasteiger partial charge in [-0.25, -0.2) is 21.2 Å². The number of rotatable bonds is 7. The molecule has 11 heteroatoms. The van der Waals surface area contributed by atoms with Gasteiger partial charge in [0, 0.05) is 13.1 Å². The van der Waals surface area contributed by atoms with Gasteiger partial charge in [-0.1, -0.05) is 0 Å². The van der Waals surface area contributed by atoms with Crippen molar-refractivity contribution in [2.75, 3.05) is 22.9 Å². The number of anilines is 1. The zero-order valence-corrected chi connectivity index (χ0v) is 18.6. The number of nitrogens with one attached hydrogen (secondary N) is 1. The monoisotopic (exact) mass is 470 g/mol. The van der Waals surface area contributed by atoms with Gasteiger partial charge in [0.2, 0.25) is 0 Å². The minimum atomic E-state index is -3.87. The molecule has 1 heterocycles. The molecule has 2 atom stereocenters. The topological polar surface area (TPSA) is 110 Å². The maximum Gasteiger partial charge on any atom is 0.264 e. The van der Waals surface area contributed by atoms with Crippen molar-refractivity contribution in [1.82, 2.24) is 5.32 Å². The van der Waals surface area contributed by atoms with E-state index in [1.165, 1.54) is 50.4 Å². The lowest BCUT2D eigenvalue weighted by atomic mass is 10.2. The number of amides is 1. The van der Waals surface area contributed by atoms with Crippen LogP contribution < -0.4 is 14.4 Å². The SMILES string of the molecule is C[C@H](Oc1ccc(N(C)S(=O)(=O)c2ccc(F)cc2)cc1)C(=O)N[C@H]1CCS(=O)(=O)C1. The smallest absolute Gasteiger partial charge is 0.264 e. The van der Waals surface area contributed by atoms with Crippen LogP contribution >= 0.6 is 0 Å². The van der Waals surface area contributed by atoms with Crippen molar-refractivity contribution >= 4 is 31.5 Å². The van der Waals surface area contributed by atoms with Crippen molar-refractivity contribution in [2.24, 2.45) is 0 Å². The summed E-state index contributed by atoms with van der Waals surface area (Å²) < 4.78 is 68.1. The Morgan fingerprint density at radius 3 is 2.32 bits per heavy atom. The second-order valence-corrected chi connectivity index (χ2v) is 11.5. The van der Waals surface area contributed by atoms with Gasteiger partial charge in [0.15, 0.2) is 15.9 Å². The number of hydrogen-bond acceptors (Lipinski definition) is 6. The van der Waals surface area contributed by atoms with E-state index in [0.29, 0.717) is 17.9 Å². The molecular weight excluding hydrogens is 447 g/mol. The first-order valence-corrected chi connectivity index (χ1v) is 12.8. The molecule has 0 bridgehead atoms. The van der Waals surface area contributed by atoms with Crippen molar-refractivity contribution in [1.29, 1.82) is 0 Å². The van der Waals surface area contributed by atoms with Crippen LogP contribution in [0.4, 0.5) is 10.1 Å². The van der Waals surface area contributed by atoms with Crippen LogP contribution in [0, 0.1) is 5.82 Å².